The molecule has 0 aliphatic heterocycles. The van der Waals surface area contributed by atoms with Crippen LogP contribution < -0.4 is 4.52 Å². The van der Waals surface area contributed by atoms with Gasteiger partial charge < -0.3 is 24.1 Å². The SMILES string of the molecule is OP(O)OP(O)OP(O)Oc1ccccc1. The molecule has 1 rings (SSSR count). The van der Waals surface area contributed by atoms with Crippen LogP contribution in [0, 0.1) is 0 Å². The lowest BCUT2D eigenvalue weighted by atomic mass is 10.3. The molecule has 10 heteroatoms. The van der Waals surface area contributed by atoms with E-state index in [1.54, 1.807) is 30.3 Å². The molecule has 1 aromatic rings. The monoisotopic (exact) mass is 286 g/mol. The maximum atomic E-state index is 9.23. The number of para-hydroxylation sites is 1. The predicted molar refractivity (Wildman–Crippen MR) is 58.9 cm³/mol. The van der Waals surface area contributed by atoms with Crippen LogP contribution in [0.4, 0.5) is 0 Å². The highest BCUT2D eigenvalue weighted by atomic mass is 31.3. The van der Waals surface area contributed by atoms with Crippen molar-refractivity contribution in [3.8, 4) is 5.75 Å². The van der Waals surface area contributed by atoms with Crippen molar-refractivity contribution in [2.45, 2.75) is 0 Å². The van der Waals surface area contributed by atoms with E-state index >= 15 is 0 Å². The van der Waals surface area contributed by atoms with Gasteiger partial charge in [-0.2, -0.15) is 0 Å². The Bertz CT molecular complexity index is 297. The minimum Gasteiger partial charge on any atom is -0.427 e. The molecule has 0 radical (unpaired) electrons. The molecule has 1 aromatic carbocycles. The molecule has 0 aliphatic carbocycles. The summed E-state index contributed by atoms with van der Waals surface area (Å²) in [6, 6.07) is 8.32. The summed E-state index contributed by atoms with van der Waals surface area (Å²) in [5.41, 5.74) is 0. The predicted octanol–water partition coefficient (Wildman–Crippen LogP) is 1.75. The molecule has 2 unspecified atom stereocenters. The topological polar surface area (TPSA) is 109 Å². The van der Waals surface area contributed by atoms with Crippen LogP contribution in [0.15, 0.2) is 30.3 Å². The lowest BCUT2D eigenvalue weighted by Crippen LogP contribution is -1.89. The van der Waals surface area contributed by atoms with E-state index in [9.17, 15) is 4.89 Å². The Hall–Kier alpha value is 0.0700. The Kier molecular flexibility index (Phi) is 6.54. The molecular formula is C6H9O7P3. The summed E-state index contributed by atoms with van der Waals surface area (Å²) in [6.45, 7) is 0. The van der Waals surface area contributed by atoms with Gasteiger partial charge in [0.25, 0.3) is 0 Å². The summed E-state index contributed by atoms with van der Waals surface area (Å²) in [7, 11) is -7.69. The van der Waals surface area contributed by atoms with Gasteiger partial charge in [0.15, 0.2) is 0 Å². The van der Waals surface area contributed by atoms with E-state index in [1.165, 1.54) is 0 Å². The molecule has 0 amide bonds. The molecule has 7 nitrogen and oxygen atoms in total. The molecule has 0 bridgehead atoms. The average Bonchev–Trinajstić information content (AvgIpc) is 2.17. The van der Waals surface area contributed by atoms with Crippen LogP contribution >= 0.6 is 25.8 Å². The van der Waals surface area contributed by atoms with Gasteiger partial charge in [0, 0.05) is 0 Å². The Balaban J connectivity index is 2.33. The highest BCUT2D eigenvalue weighted by molar-refractivity contribution is 7.60. The van der Waals surface area contributed by atoms with E-state index < -0.39 is 25.8 Å². The van der Waals surface area contributed by atoms with E-state index in [4.69, 9.17) is 19.2 Å². The zero-order valence-electron chi connectivity index (χ0n) is 7.74. The van der Waals surface area contributed by atoms with Crippen molar-refractivity contribution in [2.75, 3.05) is 0 Å². The third-order valence-electron chi connectivity index (χ3n) is 1.21. The molecule has 0 saturated heterocycles. The van der Waals surface area contributed by atoms with E-state index in [0.29, 0.717) is 5.75 Å². The number of benzene rings is 1. The van der Waals surface area contributed by atoms with Gasteiger partial charge in [-0.25, -0.2) is 8.62 Å². The molecule has 0 aromatic heterocycles. The summed E-state index contributed by atoms with van der Waals surface area (Å²) >= 11 is 0. The second kappa shape index (κ2) is 7.41. The number of hydrogen-bond acceptors (Lipinski definition) is 7. The molecule has 4 N–H and O–H groups in total. The number of hydrogen-bond donors (Lipinski definition) is 4. The largest absolute Gasteiger partial charge is 0.427 e. The fraction of sp³-hybridized carbons (Fsp3) is 0. The van der Waals surface area contributed by atoms with Crippen LogP contribution in [-0.4, -0.2) is 19.6 Å². The average molecular weight is 286 g/mol. The van der Waals surface area contributed by atoms with Gasteiger partial charge in [0.2, 0.25) is 0 Å². The van der Waals surface area contributed by atoms with Crippen LogP contribution in [0.5, 0.6) is 5.75 Å². The van der Waals surface area contributed by atoms with E-state index in [-0.39, 0.29) is 0 Å². The third kappa shape index (κ3) is 5.97. The molecule has 0 saturated carbocycles. The highest BCUT2D eigenvalue weighted by Gasteiger charge is 2.20. The third-order valence-corrected chi connectivity index (χ3v) is 3.84. The van der Waals surface area contributed by atoms with Crippen molar-refractivity contribution in [3.05, 3.63) is 30.3 Å². The van der Waals surface area contributed by atoms with Gasteiger partial charge in [-0.1, -0.05) is 18.2 Å². The molecule has 0 aliphatic rings. The van der Waals surface area contributed by atoms with Gasteiger partial charge >= 0.3 is 25.8 Å². The maximum absolute atomic E-state index is 9.23. The highest BCUT2D eigenvalue weighted by Crippen LogP contribution is 2.54. The van der Waals surface area contributed by atoms with E-state index in [2.05, 4.69) is 8.62 Å². The van der Waals surface area contributed by atoms with Crippen molar-refractivity contribution < 1.29 is 32.7 Å². The molecule has 16 heavy (non-hydrogen) atoms. The molecular weight excluding hydrogens is 277 g/mol. The quantitative estimate of drug-likeness (QED) is 0.590. The van der Waals surface area contributed by atoms with Crippen LogP contribution in [-0.2, 0) is 8.62 Å². The smallest absolute Gasteiger partial charge is 0.401 e. The van der Waals surface area contributed by atoms with Gasteiger partial charge in [0.05, 0.1) is 0 Å². The molecule has 2 atom stereocenters. The second-order valence-corrected chi connectivity index (χ2v) is 5.24. The minimum absolute atomic E-state index is 0.356. The van der Waals surface area contributed by atoms with E-state index in [1.807, 2.05) is 0 Å². The van der Waals surface area contributed by atoms with Gasteiger partial charge in [0.1, 0.15) is 5.75 Å². The molecule has 0 spiro atoms. The minimum atomic E-state index is -2.73. The van der Waals surface area contributed by atoms with E-state index in [0.717, 1.165) is 0 Å². The normalized spacial score (nSPS) is 14.8. The molecule has 90 valence electrons. The zero-order chi connectivity index (χ0) is 12.0. The summed E-state index contributed by atoms with van der Waals surface area (Å²) < 4.78 is 13.5. The lowest BCUT2D eigenvalue weighted by Gasteiger charge is -2.14. The van der Waals surface area contributed by atoms with Crippen molar-refractivity contribution in [1.82, 2.24) is 0 Å². The summed E-state index contributed by atoms with van der Waals surface area (Å²) in [5, 5.41) is 0. The van der Waals surface area contributed by atoms with Gasteiger partial charge in [-0.15, -0.1) is 0 Å². The van der Waals surface area contributed by atoms with Crippen molar-refractivity contribution in [1.29, 1.82) is 0 Å². The first kappa shape index (κ1) is 14.1. The standard InChI is InChI=1S/C6H9O7P3/c7-14(8)12-16(10)13-15(9)11-6-4-2-1-3-5-6/h1-5,7-10H. The van der Waals surface area contributed by atoms with Crippen molar-refractivity contribution >= 4 is 25.8 Å². The van der Waals surface area contributed by atoms with Crippen molar-refractivity contribution in [3.63, 3.8) is 0 Å². The number of rotatable bonds is 6. The van der Waals surface area contributed by atoms with Crippen LogP contribution in [0.3, 0.4) is 0 Å². The first-order valence-corrected chi connectivity index (χ1v) is 7.25. The molecule has 0 fully saturated rings. The van der Waals surface area contributed by atoms with Gasteiger partial charge in [-0.05, 0) is 12.1 Å². The lowest BCUT2D eigenvalue weighted by molar-refractivity contribution is 0.308. The fourth-order valence-corrected chi connectivity index (χ4v) is 2.53. The van der Waals surface area contributed by atoms with Crippen molar-refractivity contribution in [2.24, 2.45) is 0 Å². The maximum Gasteiger partial charge on any atom is 0.401 e. The van der Waals surface area contributed by atoms with Gasteiger partial charge in [-0.3, -0.25) is 0 Å². The Morgan fingerprint density at radius 2 is 1.44 bits per heavy atom. The Morgan fingerprint density at radius 1 is 0.812 bits per heavy atom. The summed E-state index contributed by atoms with van der Waals surface area (Å²) in [5.74, 6) is 0.356. The molecule has 0 heterocycles. The first-order chi connectivity index (χ1) is 7.58. The summed E-state index contributed by atoms with van der Waals surface area (Å²) in [4.78, 5) is 35.0. The van der Waals surface area contributed by atoms with Crippen LogP contribution in [0.1, 0.15) is 0 Å². The fourth-order valence-electron chi connectivity index (χ4n) is 0.725. The summed E-state index contributed by atoms with van der Waals surface area (Å²) in [6.07, 6.45) is 0. The second-order valence-electron chi connectivity index (χ2n) is 2.30. The Morgan fingerprint density at radius 3 is 2.00 bits per heavy atom. The van der Waals surface area contributed by atoms with Crippen LogP contribution in [0.2, 0.25) is 0 Å². The Labute approximate surface area is 95.2 Å². The first-order valence-electron chi connectivity index (χ1n) is 3.83. The van der Waals surface area contributed by atoms with Crippen LogP contribution in [0.25, 0.3) is 0 Å². The zero-order valence-corrected chi connectivity index (χ0v) is 10.4.